The Morgan fingerprint density at radius 2 is 1.96 bits per heavy atom. The second-order valence-corrected chi connectivity index (χ2v) is 7.53. The summed E-state index contributed by atoms with van der Waals surface area (Å²) in [6, 6.07) is 17.3. The molecule has 3 rings (SSSR count). The van der Waals surface area contributed by atoms with Crippen molar-refractivity contribution in [1.29, 1.82) is 0 Å². The molecular weight excluding hydrogens is 418 g/mol. The van der Waals surface area contributed by atoms with Crippen molar-refractivity contribution in [2.45, 2.75) is 33.4 Å². The molecule has 0 radical (unpaired) electrons. The summed E-state index contributed by atoms with van der Waals surface area (Å²) in [4.78, 5) is 12.4. The van der Waals surface area contributed by atoms with Gasteiger partial charge >= 0.3 is 0 Å². The van der Waals surface area contributed by atoms with Crippen LogP contribution < -0.4 is 10.1 Å². The zero-order valence-corrected chi connectivity index (χ0v) is 17.7. The lowest BCUT2D eigenvalue weighted by atomic mass is 10.1. The minimum Gasteiger partial charge on any atom is -0.488 e. The molecule has 1 aromatic heterocycles. The Kier molecular flexibility index (Phi) is 6.87. The van der Waals surface area contributed by atoms with Crippen LogP contribution in [0.25, 0.3) is 0 Å². The molecule has 0 bridgehead atoms. The molecule has 0 unspecified atom stereocenters. The van der Waals surface area contributed by atoms with Crippen molar-refractivity contribution in [2.75, 3.05) is 6.54 Å². The Morgan fingerprint density at radius 3 is 2.71 bits per heavy atom. The summed E-state index contributed by atoms with van der Waals surface area (Å²) in [5.74, 6) is 0.706. The van der Waals surface area contributed by atoms with Crippen molar-refractivity contribution in [1.82, 2.24) is 15.1 Å². The summed E-state index contributed by atoms with van der Waals surface area (Å²) in [7, 11) is 0. The highest BCUT2D eigenvalue weighted by atomic mass is 79.9. The van der Waals surface area contributed by atoms with Gasteiger partial charge in [-0.25, -0.2) is 0 Å². The standard InChI is InChI=1S/C22H24BrN3O2/c1-16-13-17(2)26(25-16)12-6-11-24-22(27)19-8-5-7-18(14-19)15-28-21-10-4-3-9-20(21)23/h3-5,7-10,13-14H,6,11-12,15H2,1-2H3,(H,24,27). The highest BCUT2D eigenvalue weighted by Crippen LogP contribution is 2.24. The summed E-state index contributed by atoms with van der Waals surface area (Å²) in [5, 5.41) is 7.41. The Labute approximate surface area is 173 Å². The van der Waals surface area contributed by atoms with Crippen LogP contribution in [0.4, 0.5) is 0 Å². The monoisotopic (exact) mass is 441 g/mol. The summed E-state index contributed by atoms with van der Waals surface area (Å²) < 4.78 is 8.71. The smallest absolute Gasteiger partial charge is 0.251 e. The lowest BCUT2D eigenvalue weighted by Crippen LogP contribution is -2.25. The van der Waals surface area contributed by atoms with Crippen LogP contribution in [-0.2, 0) is 13.2 Å². The molecular formula is C22H24BrN3O2. The van der Waals surface area contributed by atoms with E-state index >= 15 is 0 Å². The van der Waals surface area contributed by atoms with Crippen molar-refractivity contribution >= 4 is 21.8 Å². The van der Waals surface area contributed by atoms with E-state index in [4.69, 9.17) is 4.74 Å². The van der Waals surface area contributed by atoms with Crippen molar-refractivity contribution in [3.8, 4) is 5.75 Å². The summed E-state index contributed by atoms with van der Waals surface area (Å²) in [6.07, 6.45) is 0.832. The Bertz CT molecular complexity index is 952. The van der Waals surface area contributed by atoms with E-state index in [2.05, 4.69) is 32.4 Å². The third kappa shape index (κ3) is 5.45. The van der Waals surface area contributed by atoms with E-state index < -0.39 is 0 Å². The molecule has 0 spiro atoms. The van der Waals surface area contributed by atoms with Crippen LogP contribution in [-0.4, -0.2) is 22.2 Å². The number of nitrogens with zero attached hydrogens (tertiary/aromatic N) is 2. The molecule has 0 saturated heterocycles. The van der Waals surface area contributed by atoms with Gasteiger partial charge in [0.05, 0.1) is 10.2 Å². The molecule has 0 aliphatic rings. The summed E-state index contributed by atoms with van der Waals surface area (Å²) in [6.45, 7) is 5.83. The Morgan fingerprint density at radius 1 is 1.14 bits per heavy atom. The molecule has 1 heterocycles. The molecule has 2 aromatic carbocycles. The van der Waals surface area contributed by atoms with Gasteiger partial charge in [0.15, 0.2) is 0 Å². The van der Waals surface area contributed by atoms with Crippen LogP contribution in [0.5, 0.6) is 5.75 Å². The van der Waals surface area contributed by atoms with Gasteiger partial charge in [-0.2, -0.15) is 5.10 Å². The first kappa shape index (κ1) is 20.1. The number of aryl methyl sites for hydroxylation is 3. The van der Waals surface area contributed by atoms with E-state index in [9.17, 15) is 4.79 Å². The Balaban J connectivity index is 1.49. The van der Waals surface area contributed by atoms with Crippen LogP contribution in [0.3, 0.4) is 0 Å². The minimum absolute atomic E-state index is 0.0730. The number of halogens is 1. The van der Waals surface area contributed by atoms with Crippen molar-refractivity contribution in [2.24, 2.45) is 0 Å². The van der Waals surface area contributed by atoms with Gasteiger partial charge in [-0.05, 0) is 72.1 Å². The number of aromatic nitrogens is 2. The number of hydrogen-bond acceptors (Lipinski definition) is 3. The normalized spacial score (nSPS) is 10.7. The molecule has 0 aliphatic carbocycles. The molecule has 0 atom stereocenters. The molecule has 146 valence electrons. The largest absolute Gasteiger partial charge is 0.488 e. The highest BCUT2D eigenvalue weighted by Gasteiger charge is 2.07. The van der Waals surface area contributed by atoms with Gasteiger partial charge in [0.25, 0.3) is 5.91 Å². The van der Waals surface area contributed by atoms with E-state index in [0.717, 1.165) is 40.1 Å². The number of rotatable bonds is 8. The lowest BCUT2D eigenvalue weighted by molar-refractivity contribution is 0.0952. The molecule has 28 heavy (non-hydrogen) atoms. The summed E-state index contributed by atoms with van der Waals surface area (Å²) in [5.41, 5.74) is 3.75. The van der Waals surface area contributed by atoms with Crippen molar-refractivity contribution in [3.05, 3.63) is 81.6 Å². The number of carbonyl (C=O) groups excluding carboxylic acids is 1. The average Bonchev–Trinajstić information content (AvgIpc) is 3.01. The number of carbonyl (C=O) groups is 1. The van der Waals surface area contributed by atoms with Gasteiger partial charge in [0, 0.05) is 24.3 Å². The average molecular weight is 442 g/mol. The van der Waals surface area contributed by atoms with Gasteiger partial charge in [0.1, 0.15) is 12.4 Å². The first-order valence-corrected chi connectivity index (χ1v) is 10.1. The number of para-hydroxylation sites is 1. The fraction of sp³-hybridized carbons (Fsp3) is 0.273. The maximum Gasteiger partial charge on any atom is 0.251 e. The van der Waals surface area contributed by atoms with Gasteiger partial charge in [-0.15, -0.1) is 0 Å². The molecule has 0 aliphatic heterocycles. The molecule has 6 heteroatoms. The maximum absolute atomic E-state index is 12.4. The summed E-state index contributed by atoms with van der Waals surface area (Å²) >= 11 is 3.47. The van der Waals surface area contributed by atoms with E-state index in [1.807, 2.05) is 67.1 Å². The first-order valence-electron chi connectivity index (χ1n) is 9.28. The Hall–Kier alpha value is -2.60. The van der Waals surface area contributed by atoms with Crippen LogP contribution >= 0.6 is 15.9 Å². The van der Waals surface area contributed by atoms with Crippen molar-refractivity contribution < 1.29 is 9.53 Å². The second kappa shape index (κ2) is 9.55. The molecule has 1 N–H and O–H groups in total. The van der Waals surface area contributed by atoms with E-state index in [1.165, 1.54) is 0 Å². The fourth-order valence-electron chi connectivity index (χ4n) is 2.96. The van der Waals surface area contributed by atoms with Gasteiger partial charge in [0.2, 0.25) is 0 Å². The number of amides is 1. The van der Waals surface area contributed by atoms with E-state index in [0.29, 0.717) is 18.7 Å². The quantitative estimate of drug-likeness (QED) is 0.517. The zero-order chi connectivity index (χ0) is 19.9. The SMILES string of the molecule is Cc1cc(C)n(CCCNC(=O)c2cccc(COc3ccccc3Br)c2)n1. The van der Waals surface area contributed by atoms with Gasteiger partial charge in [-0.1, -0.05) is 24.3 Å². The fourth-order valence-corrected chi connectivity index (χ4v) is 3.36. The van der Waals surface area contributed by atoms with E-state index in [1.54, 1.807) is 0 Å². The molecule has 5 nitrogen and oxygen atoms in total. The van der Waals surface area contributed by atoms with Gasteiger partial charge in [-0.3, -0.25) is 9.48 Å². The van der Waals surface area contributed by atoms with Crippen LogP contribution in [0, 0.1) is 13.8 Å². The lowest BCUT2D eigenvalue weighted by Gasteiger charge is -2.10. The third-order valence-electron chi connectivity index (χ3n) is 4.36. The van der Waals surface area contributed by atoms with E-state index in [-0.39, 0.29) is 5.91 Å². The molecule has 1 amide bonds. The highest BCUT2D eigenvalue weighted by molar-refractivity contribution is 9.10. The predicted molar refractivity (Wildman–Crippen MR) is 114 cm³/mol. The molecule has 0 fully saturated rings. The number of ether oxygens (including phenoxy) is 1. The topological polar surface area (TPSA) is 56.2 Å². The van der Waals surface area contributed by atoms with Crippen LogP contribution in [0.15, 0.2) is 59.1 Å². The number of benzene rings is 2. The first-order chi connectivity index (χ1) is 13.5. The van der Waals surface area contributed by atoms with Crippen molar-refractivity contribution in [3.63, 3.8) is 0 Å². The van der Waals surface area contributed by atoms with Crippen LogP contribution in [0.1, 0.15) is 33.7 Å². The number of nitrogens with one attached hydrogen (secondary N) is 1. The molecule has 0 saturated carbocycles. The third-order valence-corrected chi connectivity index (χ3v) is 5.01. The van der Waals surface area contributed by atoms with Crippen LogP contribution in [0.2, 0.25) is 0 Å². The zero-order valence-electron chi connectivity index (χ0n) is 16.1. The van der Waals surface area contributed by atoms with Gasteiger partial charge < -0.3 is 10.1 Å². The maximum atomic E-state index is 12.4. The minimum atomic E-state index is -0.0730. The second-order valence-electron chi connectivity index (χ2n) is 6.68. The molecule has 3 aromatic rings. The predicted octanol–water partition coefficient (Wildman–Crippen LogP) is 4.66. The number of hydrogen-bond donors (Lipinski definition) is 1.